The molecule has 23 heavy (non-hydrogen) atoms. The number of hydrogen-bond donors (Lipinski definition) is 1. The quantitative estimate of drug-likeness (QED) is 0.918. The van der Waals surface area contributed by atoms with Gasteiger partial charge in [0.1, 0.15) is 0 Å². The van der Waals surface area contributed by atoms with Crippen LogP contribution in [0.2, 0.25) is 0 Å². The highest BCUT2D eigenvalue weighted by Gasteiger charge is 2.28. The van der Waals surface area contributed by atoms with Gasteiger partial charge in [0.15, 0.2) is 0 Å². The highest BCUT2D eigenvalue weighted by Crippen LogP contribution is 2.28. The minimum absolute atomic E-state index is 0.172. The van der Waals surface area contributed by atoms with Crippen molar-refractivity contribution >= 4 is 21.6 Å². The molecule has 1 heterocycles. The van der Waals surface area contributed by atoms with Crippen LogP contribution in [0, 0.1) is 6.92 Å². The summed E-state index contributed by atoms with van der Waals surface area (Å²) in [6, 6.07) is 5.25. The summed E-state index contributed by atoms with van der Waals surface area (Å²) >= 11 is 0. The Morgan fingerprint density at radius 3 is 2.61 bits per heavy atom. The number of anilines is 1. The van der Waals surface area contributed by atoms with E-state index in [0.29, 0.717) is 24.2 Å². The maximum Gasteiger partial charge on any atom is 0.251 e. The van der Waals surface area contributed by atoms with Crippen molar-refractivity contribution in [2.24, 2.45) is 0 Å². The van der Waals surface area contributed by atoms with Crippen molar-refractivity contribution in [1.82, 2.24) is 5.32 Å². The highest BCUT2D eigenvalue weighted by atomic mass is 32.2. The van der Waals surface area contributed by atoms with Gasteiger partial charge in [0.05, 0.1) is 11.4 Å². The van der Waals surface area contributed by atoms with Crippen molar-refractivity contribution in [1.29, 1.82) is 0 Å². The molecule has 1 aliphatic rings. The molecule has 6 heteroatoms. The van der Waals surface area contributed by atoms with Crippen LogP contribution in [0.1, 0.15) is 56.0 Å². The second-order valence-electron chi connectivity index (χ2n) is 6.79. The lowest BCUT2D eigenvalue weighted by molar-refractivity contribution is 0.0911. The number of nitrogens with zero attached hydrogens (tertiary/aromatic N) is 1. The fraction of sp³-hybridized carbons (Fsp3) is 0.588. The number of benzene rings is 1. The normalized spacial score (nSPS) is 17.8. The van der Waals surface area contributed by atoms with Crippen LogP contribution < -0.4 is 9.62 Å². The van der Waals surface area contributed by atoms with Crippen molar-refractivity contribution in [2.45, 2.75) is 52.5 Å². The third-order valence-corrected chi connectivity index (χ3v) is 6.28. The van der Waals surface area contributed by atoms with Crippen LogP contribution in [0.3, 0.4) is 0 Å². The Labute approximate surface area is 139 Å². The molecule has 1 saturated heterocycles. The number of nitrogens with one attached hydrogen (secondary N) is 1. The monoisotopic (exact) mass is 338 g/mol. The van der Waals surface area contributed by atoms with E-state index in [1.807, 2.05) is 33.8 Å². The smallest absolute Gasteiger partial charge is 0.251 e. The van der Waals surface area contributed by atoms with Crippen LogP contribution in [0.4, 0.5) is 5.69 Å². The van der Waals surface area contributed by atoms with E-state index in [-0.39, 0.29) is 17.2 Å². The molecule has 0 saturated carbocycles. The molecule has 0 bridgehead atoms. The molecule has 0 unspecified atom stereocenters. The van der Waals surface area contributed by atoms with E-state index >= 15 is 0 Å². The summed E-state index contributed by atoms with van der Waals surface area (Å²) in [4.78, 5) is 12.4. The largest absolute Gasteiger partial charge is 0.347 e. The Bertz CT molecular complexity index is 696. The maximum atomic E-state index is 12.4. The summed E-state index contributed by atoms with van der Waals surface area (Å²) in [5.41, 5.74) is 1.68. The summed E-state index contributed by atoms with van der Waals surface area (Å²) in [5, 5.41) is 2.99. The van der Waals surface area contributed by atoms with Crippen molar-refractivity contribution in [2.75, 3.05) is 16.6 Å². The second kappa shape index (κ2) is 6.51. The minimum Gasteiger partial charge on any atom is -0.347 e. The second-order valence-corrected chi connectivity index (χ2v) is 8.80. The van der Waals surface area contributed by atoms with E-state index in [0.717, 1.165) is 18.4 Å². The van der Waals surface area contributed by atoms with E-state index in [1.165, 1.54) is 4.31 Å². The number of rotatable bonds is 4. The predicted octanol–water partition coefficient (Wildman–Crippen LogP) is 2.84. The third-order valence-electron chi connectivity index (χ3n) is 4.43. The zero-order valence-electron chi connectivity index (χ0n) is 14.3. The lowest BCUT2D eigenvalue weighted by Gasteiger charge is -2.30. The first-order valence-corrected chi connectivity index (χ1v) is 9.71. The zero-order chi connectivity index (χ0) is 17.3. The molecule has 1 fully saturated rings. The molecule has 0 aromatic heterocycles. The molecule has 5 nitrogen and oxygen atoms in total. The number of carbonyl (C=O) groups is 1. The van der Waals surface area contributed by atoms with Crippen LogP contribution in [0.15, 0.2) is 18.2 Å². The topological polar surface area (TPSA) is 66.5 Å². The number of carbonyl (C=O) groups excluding carboxylic acids is 1. The third kappa shape index (κ3) is 4.05. The van der Waals surface area contributed by atoms with Crippen LogP contribution in [0.25, 0.3) is 0 Å². The van der Waals surface area contributed by atoms with Gasteiger partial charge < -0.3 is 5.32 Å². The molecule has 2 rings (SSSR count). The SMILES string of the molecule is CCC(C)(C)NC(=O)c1ccc(C)c(N2CCCCS2(=O)=O)c1. The summed E-state index contributed by atoms with van der Waals surface area (Å²) in [6.07, 6.45) is 2.36. The zero-order valence-corrected chi connectivity index (χ0v) is 15.2. The molecule has 0 spiro atoms. The van der Waals surface area contributed by atoms with E-state index in [1.54, 1.807) is 12.1 Å². The Kier molecular flexibility index (Phi) is 5.04. The number of hydrogen-bond acceptors (Lipinski definition) is 3. The lowest BCUT2D eigenvalue weighted by Crippen LogP contribution is -2.43. The molecule has 1 aromatic rings. The van der Waals surface area contributed by atoms with Gasteiger partial charge in [0, 0.05) is 17.6 Å². The lowest BCUT2D eigenvalue weighted by atomic mass is 10.0. The van der Waals surface area contributed by atoms with Gasteiger partial charge in [-0.15, -0.1) is 0 Å². The molecule has 1 N–H and O–H groups in total. The van der Waals surface area contributed by atoms with Gasteiger partial charge in [-0.3, -0.25) is 9.10 Å². The van der Waals surface area contributed by atoms with Gasteiger partial charge in [0.2, 0.25) is 10.0 Å². The summed E-state index contributed by atoms with van der Waals surface area (Å²) in [5.74, 6) is -0.00125. The van der Waals surface area contributed by atoms with E-state index in [9.17, 15) is 13.2 Å². The number of aryl methyl sites for hydroxylation is 1. The Morgan fingerprint density at radius 1 is 1.30 bits per heavy atom. The van der Waals surface area contributed by atoms with Crippen molar-refractivity contribution in [3.63, 3.8) is 0 Å². The van der Waals surface area contributed by atoms with Crippen LogP contribution in [-0.2, 0) is 10.0 Å². The molecule has 1 amide bonds. The summed E-state index contributed by atoms with van der Waals surface area (Å²) in [6.45, 7) is 8.30. The summed E-state index contributed by atoms with van der Waals surface area (Å²) < 4.78 is 26.1. The minimum atomic E-state index is -3.28. The molecular weight excluding hydrogens is 312 g/mol. The number of amides is 1. The fourth-order valence-corrected chi connectivity index (χ4v) is 4.24. The average molecular weight is 338 g/mol. The van der Waals surface area contributed by atoms with Crippen LogP contribution in [-0.4, -0.2) is 32.2 Å². The Balaban J connectivity index is 2.34. The van der Waals surface area contributed by atoms with Gasteiger partial charge in [-0.25, -0.2) is 8.42 Å². The Morgan fingerprint density at radius 2 is 2.00 bits per heavy atom. The van der Waals surface area contributed by atoms with Crippen LogP contribution >= 0.6 is 0 Å². The molecule has 0 atom stereocenters. The van der Waals surface area contributed by atoms with Gasteiger partial charge >= 0.3 is 0 Å². The standard InChI is InChI=1S/C17H26N2O3S/c1-5-17(3,4)18-16(20)14-9-8-13(2)15(12-14)19-10-6-7-11-23(19,21)22/h8-9,12H,5-7,10-11H2,1-4H3,(H,18,20). The first-order valence-electron chi connectivity index (χ1n) is 8.10. The van der Waals surface area contributed by atoms with Crippen molar-refractivity contribution in [3.05, 3.63) is 29.3 Å². The molecule has 128 valence electrons. The average Bonchev–Trinajstić information content (AvgIpc) is 2.47. The fourth-order valence-electron chi connectivity index (χ4n) is 2.55. The highest BCUT2D eigenvalue weighted by molar-refractivity contribution is 7.92. The maximum absolute atomic E-state index is 12.4. The van der Waals surface area contributed by atoms with Gasteiger partial charge in [-0.05, 0) is 57.7 Å². The van der Waals surface area contributed by atoms with Gasteiger partial charge in [-0.2, -0.15) is 0 Å². The van der Waals surface area contributed by atoms with E-state index in [2.05, 4.69) is 5.32 Å². The van der Waals surface area contributed by atoms with E-state index in [4.69, 9.17) is 0 Å². The van der Waals surface area contributed by atoms with E-state index < -0.39 is 10.0 Å². The van der Waals surface area contributed by atoms with Gasteiger partial charge in [0.25, 0.3) is 5.91 Å². The first kappa shape index (κ1) is 17.8. The Hall–Kier alpha value is -1.56. The van der Waals surface area contributed by atoms with Crippen LogP contribution in [0.5, 0.6) is 0 Å². The van der Waals surface area contributed by atoms with Gasteiger partial charge in [-0.1, -0.05) is 13.0 Å². The predicted molar refractivity (Wildman–Crippen MR) is 93.4 cm³/mol. The first-order chi connectivity index (χ1) is 10.7. The number of sulfonamides is 1. The molecule has 1 aromatic carbocycles. The van der Waals surface area contributed by atoms with Crippen molar-refractivity contribution < 1.29 is 13.2 Å². The molecule has 1 aliphatic heterocycles. The summed E-state index contributed by atoms with van der Waals surface area (Å²) in [7, 11) is -3.28. The van der Waals surface area contributed by atoms with Crippen molar-refractivity contribution in [3.8, 4) is 0 Å². The molecule has 0 radical (unpaired) electrons. The molecular formula is C17H26N2O3S. The molecule has 0 aliphatic carbocycles.